The number of benzene rings is 4. The molecule has 0 bridgehead atoms. The van der Waals surface area contributed by atoms with Crippen molar-refractivity contribution in [3.8, 4) is 51.4 Å². The number of hydrogen-bond acceptors (Lipinski definition) is 11. The van der Waals surface area contributed by atoms with Crippen molar-refractivity contribution in [2.24, 2.45) is 0 Å². The second-order valence-electron chi connectivity index (χ2n) is 9.57. The number of aryl methyl sites for hydroxylation is 2. The van der Waals surface area contributed by atoms with Gasteiger partial charge >= 0.3 is 0 Å². The molecule has 0 aliphatic carbocycles. The van der Waals surface area contributed by atoms with Crippen LogP contribution >= 0.6 is 0 Å². The van der Waals surface area contributed by atoms with E-state index in [4.69, 9.17) is 18.3 Å². The van der Waals surface area contributed by atoms with Crippen LogP contribution in [0.5, 0.6) is 40.2 Å². The first kappa shape index (κ1) is 25.7. The summed E-state index contributed by atoms with van der Waals surface area (Å²) in [6.07, 6.45) is 0. The topological polar surface area (TPSA) is 180 Å². The molecule has 0 unspecified atom stereocenters. The Morgan fingerprint density at radius 1 is 0.585 bits per heavy atom. The summed E-state index contributed by atoms with van der Waals surface area (Å²) in [5, 5.41) is 55.9. The summed E-state index contributed by atoms with van der Waals surface area (Å²) in [5.74, 6) is -2.93. The first-order valence-corrected chi connectivity index (χ1v) is 12.2. The third-order valence-electron chi connectivity index (χ3n) is 7.11. The van der Waals surface area contributed by atoms with Crippen LogP contribution in [0.4, 0.5) is 0 Å². The van der Waals surface area contributed by atoms with E-state index in [0.29, 0.717) is 5.76 Å². The van der Waals surface area contributed by atoms with Gasteiger partial charge in [0.15, 0.2) is 22.4 Å². The Kier molecular flexibility index (Phi) is 5.46. The van der Waals surface area contributed by atoms with E-state index in [9.17, 15) is 35.1 Å². The SMILES string of the molecule is COc1cc2cc3oc(C)cc(=O)c3c(O)c2c(O)c1-c1c(OC)c(O)c2cc3oc(C)cc(=O)c3c(O)c2c1O. The molecule has 4 aromatic carbocycles. The van der Waals surface area contributed by atoms with Gasteiger partial charge in [0.2, 0.25) is 0 Å². The van der Waals surface area contributed by atoms with Crippen molar-refractivity contribution >= 4 is 43.5 Å². The molecule has 0 amide bonds. The molecule has 6 aromatic rings. The van der Waals surface area contributed by atoms with Crippen LogP contribution in [0.3, 0.4) is 0 Å². The maximum atomic E-state index is 12.7. The zero-order valence-electron chi connectivity index (χ0n) is 22.1. The van der Waals surface area contributed by atoms with Crippen LogP contribution in [0.1, 0.15) is 11.5 Å². The highest BCUT2D eigenvalue weighted by Crippen LogP contribution is 2.58. The molecule has 5 N–H and O–H groups in total. The molecule has 0 fully saturated rings. The lowest BCUT2D eigenvalue weighted by atomic mass is 9.91. The minimum absolute atomic E-state index is 0.0356. The van der Waals surface area contributed by atoms with Crippen molar-refractivity contribution in [3.05, 3.63) is 62.3 Å². The van der Waals surface area contributed by atoms with Crippen LogP contribution in [0.15, 0.2) is 48.8 Å². The van der Waals surface area contributed by atoms with Gasteiger partial charge in [0, 0.05) is 17.5 Å². The number of methoxy groups -OCH3 is 2. The summed E-state index contributed by atoms with van der Waals surface area (Å²) < 4.78 is 22.1. The fourth-order valence-corrected chi connectivity index (χ4v) is 5.42. The third-order valence-corrected chi connectivity index (χ3v) is 7.11. The van der Waals surface area contributed by atoms with Crippen molar-refractivity contribution < 1.29 is 43.8 Å². The van der Waals surface area contributed by atoms with Crippen LogP contribution in [0.25, 0.3) is 54.6 Å². The molecule has 0 aliphatic heterocycles. The third kappa shape index (κ3) is 3.45. The first-order chi connectivity index (χ1) is 19.5. The van der Waals surface area contributed by atoms with Crippen LogP contribution in [0.2, 0.25) is 0 Å². The molecule has 208 valence electrons. The van der Waals surface area contributed by atoms with E-state index in [0.717, 1.165) is 0 Å². The summed E-state index contributed by atoms with van der Waals surface area (Å²) in [6.45, 7) is 3.12. The molecular weight excluding hydrogens is 536 g/mol. The van der Waals surface area contributed by atoms with Gasteiger partial charge in [-0.05, 0) is 37.4 Å². The average molecular weight is 558 g/mol. The maximum Gasteiger partial charge on any atom is 0.196 e. The molecule has 11 nitrogen and oxygen atoms in total. The van der Waals surface area contributed by atoms with Crippen molar-refractivity contribution in [2.45, 2.75) is 13.8 Å². The van der Waals surface area contributed by atoms with Crippen molar-refractivity contribution in [2.75, 3.05) is 14.2 Å². The Hall–Kier alpha value is -5.58. The molecule has 0 radical (unpaired) electrons. The Bertz CT molecular complexity index is 2240. The van der Waals surface area contributed by atoms with Gasteiger partial charge in [0.25, 0.3) is 0 Å². The van der Waals surface area contributed by atoms with Gasteiger partial charge in [-0.3, -0.25) is 9.59 Å². The van der Waals surface area contributed by atoms with Gasteiger partial charge in [-0.1, -0.05) is 0 Å². The van der Waals surface area contributed by atoms with Crippen molar-refractivity contribution in [3.63, 3.8) is 0 Å². The highest BCUT2D eigenvalue weighted by Gasteiger charge is 2.31. The van der Waals surface area contributed by atoms with E-state index >= 15 is 0 Å². The van der Waals surface area contributed by atoms with Crippen molar-refractivity contribution in [1.29, 1.82) is 0 Å². The second-order valence-corrected chi connectivity index (χ2v) is 9.57. The van der Waals surface area contributed by atoms with Gasteiger partial charge in [-0.25, -0.2) is 0 Å². The highest BCUT2D eigenvalue weighted by atomic mass is 16.5. The number of fused-ring (bicyclic) bond motifs is 4. The Labute approximate surface area is 229 Å². The summed E-state index contributed by atoms with van der Waals surface area (Å²) >= 11 is 0. The standard InChI is InChI=1S/C30H22O11/c1-10-5-14(31)21-17(40-10)8-12-7-16(38-3)23(27(35)19(12)26(21)34)24-29(37)20-13(25(33)30(24)39-4)9-18-22(28(20)36)15(32)6-11(2)41-18/h5-9,33-37H,1-4H3. The molecule has 0 saturated carbocycles. The molecule has 11 heteroatoms. The number of phenolic OH excluding ortho intramolecular Hbond substituents is 5. The van der Waals surface area contributed by atoms with Crippen LogP contribution in [0, 0.1) is 13.8 Å². The van der Waals surface area contributed by atoms with E-state index < -0.39 is 39.6 Å². The van der Waals surface area contributed by atoms with E-state index in [1.54, 1.807) is 13.8 Å². The van der Waals surface area contributed by atoms with E-state index in [1.165, 1.54) is 44.6 Å². The number of aromatic hydroxyl groups is 5. The summed E-state index contributed by atoms with van der Waals surface area (Å²) in [7, 11) is 2.50. The minimum Gasteiger partial charge on any atom is -0.506 e. The smallest absolute Gasteiger partial charge is 0.196 e. The van der Waals surface area contributed by atoms with E-state index in [-0.39, 0.29) is 71.9 Å². The van der Waals surface area contributed by atoms with Crippen LogP contribution in [-0.2, 0) is 0 Å². The van der Waals surface area contributed by atoms with Gasteiger partial charge in [-0.15, -0.1) is 0 Å². The monoisotopic (exact) mass is 558 g/mol. The zero-order chi connectivity index (χ0) is 29.5. The lowest BCUT2D eigenvalue weighted by molar-refractivity contribution is 0.372. The molecule has 0 saturated heterocycles. The number of ether oxygens (including phenoxy) is 2. The lowest BCUT2D eigenvalue weighted by Crippen LogP contribution is -2.02. The zero-order valence-corrected chi connectivity index (χ0v) is 22.1. The van der Waals surface area contributed by atoms with Gasteiger partial charge in [0.1, 0.15) is 62.2 Å². The Balaban J connectivity index is 1.82. The highest BCUT2D eigenvalue weighted by molar-refractivity contribution is 6.15. The summed E-state index contributed by atoms with van der Waals surface area (Å²) in [4.78, 5) is 25.4. The van der Waals surface area contributed by atoms with Crippen molar-refractivity contribution in [1.82, 2.24) is 0 Å². The maximum absolute atomic E-state index is 12.7. The largest absolute Gasteiger partial charge is 0.506 e. The van der Waals surface area contributed by atoms with E-state index in [2.05, 4.69) is 0 Å². The molecule has 6 rings (SSSR count). The average Bonchev–Trinajstić information content (AvgIpc) is 2.89. The van der Waals surface area contributed by atoms with Gasteiger partial charge in [0.05, 0.1) is 36.1 Å². The van der Waals surface area contributed by atoms with Gasteiger partial charge < -0.3 is 43.8 Å². The second kappa shape index (κ2) is 8.71. The molecule has 0 aliphatic rings. The fourth-order valence-electron chi connectivity index (χ4n) is 5.42. The fraction of sp³-hybridized carbons (Fsp3) is 0.133. The minimum atomic E-state index is -0.683. The van der Waals surface area contributed by atoms with Crippen LogP contribution in [-0.4, -0.2) is 39.8 Å². The summed E-state index contributed by atoms with van der Waals surface area (Å²) in [6, 6.07) is 6.49. The molecule has 0 atom stereocenters. The number of rotatable bonds is 3. The predicted molar refractivity (Wildman–Crippen MR) is 150 cm³/mol. The molecule has 41 heavy (non-hydrogen) atoms. The van der Waals surface area contributed by atoms with E-state index in [1.807, 2.05) is 0 Å². The Morgan fingerprint density at radius 3 is 1.68 bits per heavy atom. The quantitative estimate of drug-likeness (QED) is 0.145. The summed E-state index contributed by atoms with van der Waals surface area (Å²) in [5.41, 5.74) is -1.67. The normalized spacial score (nSPS) is 11.6. The Morgan fingerprint density at radius 2 is 1.12 bits per heavy atom. The number of hydrogen-bond donors (Lipinski definition) is 5. The first-order valence-electron chi connectivity index (χ1n) is 12.2. The van der Waals surface area contributed by atoms with Crippen LogP contribution < -0.4 is 20.3 Å². The molecule has 2 heterocycles. The van der Waals surface area contributed by atoms with Gasteiger partial charge in [-0.2, -0.15) is 0 Å². The molecular formula is C30H22O11. The predicted octanol–water partition coefficient (Wildman–Crippen LogP) is 5.03. The number of phenols is 5. The molecule has 2 aromatic heterocycles. The lowest BCUT2D eigenvalue weighted by Gasteiger charge is -2.20. The molecule has 0 spiro atoms.